The summed E-state index contributed by atoms with van der Waals surface area (Å²) in [5, 5.41) is 8.47. The fourth-order valence-electron chi connectivity index (χ4n) is 2.00. The maximum absolute atomic E-state index is 11.9. The molecule has 0 N–H and O–H groups in total. The van der Waals surface area contributed by atoms with Crippen LogP contribution in [0.2, 0.25) is 0 Å². The molecule has 0 heterocycles. The number of nitrogens with zero attached hydrogens (tertiary/aromatic N) is 1. The third-order valence-electron chi connectivity index (χ3n) is 2.95. The lowest BCUT2D eigenvalue weighted by molar-refractivity contribution is -0.157. The van der Waals surface area contributed by atoms with E-state index in [9.17, 15) is 4.79 Å². The number of carbonyl (C=O) groups is 1. The third kappa shape index (κ3) is 2.63. The quantitative estimate of drug-likeness (QED) is 0.532. The summed E-state index contributed by atoms with van der Waals surface area (Å²) in [4.78, 5) is 11.9. The van der Waals surface area contributed by atoms with Crippen molar-refractivity contribution in [3.63, 3.8) is 0 Å². The molecule has 0 aromatic heterocycles. The van der Waals surface area contributed by atoms with E-state index < -0.39 is 5.60 Å². The molecule has 1 rings (SSSR count). The predicted molar refractivity (Wildman–Crippen MR) is 61.4 cm³/mol. The first-order chi connectivity index (χ1) is 7.20. The van der Waals surface area contributed by atoms with Crippen LogP contribution in [-0.2, 0) is 9.53 Å². The van der Waals surface area contributed by atoms with Crippen LogP contribution in [0, 0.1) is 28.6 Å². The summed E-state index contributed by atoms with van der Waals surface area (Å²) in [5.41, 5.74) is -0.533. The number of carbonyl (C=O) groups excluding carboxylic acids is 1. The van der Waals surface area contributed by atoms with Gasteiger partial charge in [0, 0.05) is 6.08 Å². The minimum Gasteiger partial charge on any atom is -0.460 e. The topological polar surface area (TPSA) is 50.1 Å². The van der Waals surface area contributed by atoms with Crippen LogP contribution in [0.1, 0.15) is 34.6 Å². The van der Waals surface area contributed by atoms with Crippen molar-refractivity contribution in [1.29, 1.82) is 5.26 Å². The van der Waals surface area contributed by atoms with Gasteiger partial charge in [0.15, 0.2) is 0 Å². The molecule has 0 aromatic carbocycles. The SMILES string of the molecule is CC(C)(C)OC(=O)C1C(/C=C\C#N)C1(C)C. The van der Waals surface area contributed by atoms with Crippen molar-refractivity contribution >= 4 is 5.97 Å². The van der Waals surface area contributed by atoms with Gasteiger partial charge in [-0.1, -0.05) is 19.9 Å². The summed E-state index contributed by atoms with van der Waals surface area (Å²) in [6.07, 6.45) is 3.24. The standard InChI is InChI=1S/C13H19NO2/c1-12(2,3)16-11(15)10-9(7-6-8-14)13(10,4)5/h6-7,9-10H,1-5H3/b7-6-. The van der Waals surface area contributed by atoms with E-state index in [4.69, 9.17) is 10.00 Å². The maximum Gasteiger partial charge on any atom is 0.310 e. The monoisotopic (exact) mass is 221 g/mol. The van der Waals surface area contributed by atoms with Crippen LogP contribution in [-0.4, -0.2) is 11.6 Å². The van der Waals surface area contributed by atoms with E-state index in [1.54, 1.807) is 6.08 Å². The van der Waals surface area contributed by atoms with Crippen LogP contribution in [0.4, 0.5) is 0 Å². The van der Waals surface area contributed by atoms with Gasteiger partial charge in [-0.3, -0.25) is 4.79 Å². The Morgan fingerprint density at radius 3 is 2.44 bits per heavy atom. The normalized spacial score (nSPS) is 27.5. The van der Waals surface area contributed by atoms with Gasteiger partial charge in [-0.15, -0.1) is 0 Å². The molecule has 88 valence electrons. The first-order valence-electron chi connectivity index (χ1n) is 5.49. The molecular weight excluding hydrogens is 202 g/mol. The second-order valence-electron chi connectivity index (χ2n) is 5.85. The molecule has 2 unspecified atom stereocenters. The molecule has 1 aliphatic rings. The van der Waals surface area contributed by atoms with E-state index in [1.807, 2.05) is 40.7 Å². The highest BCUT2D eigenvalue weighted by Gasteiger charge is 2.61. The zero-order valence-corrected chi connectivity index (χ0v) is 10.6. The van der Waals surface area contributed by atoms with Gasteiger partial charge in [0.1, 0.15) is 5.60 Å². The molecule has 1 aliphatic carbocycles. The Morgan fingerprint density at radius 1 is 1.44 bits per heavy atom. The van der Waals surface area contributed by atoms with Gasteiger partial charge in [-0.25, -0.2) is 0 Å². The van der Waals surface area contributed by atoms with Crippen LogP contribution in [0.5, 0.6) is 0 Å². The summed E-state index contributed by atoms with van der Waals surface area (Å²) >= 11 is 0. The molecule has 0 aliphatic heterocycles. The third-order valence-corrected chi connectivity index (χ3v) is 2.95. The molecule has 2 atom stereocenters. The lowest BCUT2D eigenvalue weighted by Crippen LogP contribution is -2.26. The number of ether oxygens (including phenoxy) is 1. The largest absolute Gasteiger partial charge is 0.460 e. The van der Waals surface area contributed by atoms with Crippen molar-refractivity contribution in [2.75, 3.05) is 0 Å². The molecule has 1 fully saturated rings. The first-order valence-corrected chi connectivity index (χ1v) is 5.49. The van der Waals surface area contributed by atoms with Crippen molar-refractivity contribution in [2.45, 2.75) is 40.2 Å². The lowest BCUT2D eigenvalue weighted by atomic mass is 10.1. The Bertz CT molecular complexity index is 355. The van der Waals surface area contributed by atoms with Crippen LogP contribution >= 0.6 is 0 Å². The van der Waals surface area contributed by atoms with E-state index in [1.165, 1.54) is 6.08 Å². The van der Waals surface area contributed by atoms with Gasteiger partial charge >= 0.3 is 5.97 Å². The number of nitriles is 1. The average molecular weight is 221 g/mol. The molecular formula is C13H19NO2. The van der Waals surface area contributed by atoms with Crippen molar-refractivity contribution in [3.8, 4) is 6.07 Å². The molecule has 0 radical (unpaired) electrons. The highest BCUT2D eigenvalue weighted by Crippen LogP contribution is 2.59. The van der Waals surface area contributed by atoms with Gasteiger partial charge < -0.3 is 4.74 Å². The molecule has 16 heavy (non-hydrogen) atoms. The minimum atomic E-state index is -0.445. The minimum absolute atomic E-state index is 0.0876. The van der Waals surface area contributed by atoms with Gasteiger partial charge in [-0.2, -0.15) is 5.26 Å². The van der Waals surface area contributed by atoms with Crippen molar-refractivity contribution in [2.24, 2.45) is 17.3 Å². The highest BCUT2D eigenvalue weighted by molar-refractivity contribution is 5.78. The number of esters is 1. The van der Waals surface area contributed by atoms with Crippen LogP contribution < -0.4 is 0 Å². The van der Waals surface area contributed by atoms with Crippen molar-refractivity contribution in [3.05, 3.63) is 12.2 Å². The van der Waals surface area contributed by atoms with E-state index in [2.05, 4.69) is 0 Å². The van der Waals surface area contributed by atoms with Gasteiger partial charge in [0.2, 0.25) is 0 Å². The highest BCUT2D eigenvalue weighted by atomic mass is 16.6. The number of allylic oxidation sites excluding steroid dienone is 2. The molecule has 0 aromatic rings. The van der Waals surface area contributed by atoms with E-state index >= 15 is 0 Å². The van der Waals surface area contributed by atoms with Gasteiger partial charge in [0.25, 0.3) is 0 Å². The molecule has 0 bridgehead atoms. The van der Waals surface area contributed by atoms with Crippen molar-refractivity contribution < 1.29 is 9.53 Å². The summed E-state index contributed by atoms with van der Waals surface area (Å²) in [7, 11) is 0. The summed E-state index contributed by atoms with van der Waals surface area (Å²) < 4.78 is 5.35. The second-order valence-corrected chi connectivity index (χ2v) is 5.85. The fraction of sp³-hybridized carbons (Fsp3) is 0.692. The number of hydrogen-bond donors (Lipinski definition) is 0. The lowest BCUT2D eigenvalue weighted by Gasteiger charge is -2.19. The Hall–Kier alpha value is -1.30. The molecule has 1 saturated carbocycles. The molecule has 0 spiro atoms. The van der Waals surface area contributed by atoms with Gasteiger partial charge in [0.05, 0.1) is 12.0 Å². The van der Waals surface area contributed by atoms with E-state index in [-0.39, 0.29) is 23.2 Å². The summed E-state index contributed by atoms with van der Waals surface area (Å²) in [5.74, 6) is -0.150. The molecule has 3 nitrogen and oxygen atoms in total. The van der Waals surface area contributed by atoms with Crippen LogP contribution in [0.25, 0.3) is 0 Å². The van der Waals surface area contributed by atoms with Gasteiger partial charge in [-0.05, 0) is 32.1 Å². The van der Waals surface area contributed by atoms with E-state index in [0.29, 0.717) is 0 Å². The van der Waals surface area contributed by atoms with E-state index in [0.717, 1.165) is 0 Å². The Morgan fingerprint density at radius 2 is 2.00 bits per heavy atom. The van der Waals surface area contributed by atoms with Crippen molar-refractivity contribution in [1.82, 2.24) is 0 Å². The second kappa shape index (κ2) is 3.93. The number of rotatable bonds is 2. The maximum atomic E-state index is 11.9. The Labute approximate surface area is 97.1 Å². The zero-order chi connectivity index (χ0) is 12.6. The Balaban J connectivity index is 2.67. The Kier molecular flexibility index (Phi) is 3.14. The number of hydrogen-bond acceptors (Lipinski definition) is 3. The first kappa shape index (κ1) is 12.8. The smallest absolute Gasteiger partial charge is 0.310 e. The average Bonchev–Trinajstić information content (AvgIpc) is 2.61. The zero-order valence-electron chi connectivity index (χ0n) is 10.6. The predicted octanol–water partition coefficient (Wildman–Crippen LogP) is 2.68. The molecule has 0 saturated heterocycles. The molecule has 3 heteroatoms. The van der Waals surface area contributed by atoms with Crippen LogP contribution in [0.15, 0.2) is 12.2 Å². The fourth-order valence-corrected chi connectivity index (χ4v) is 2.00. The van der Waals surface area contributed by atoms with Crippen LogP contribution in [0.3, 0.4) is 0 Å². The summed E-state index contributed by atoms with van der Waals surface area (Å²) in [6, 6.07) is 1.95. The molecule has 0 amide bonds. The summed E-state index contributed by atoms with van der Waals surface area (Å²) in [6.45, 7) is 9.63.